The van der Waals surface area contributed by atoms with Crippen molar-refractivity contribution >= 4 is 35.1 Å². The summed E-state index contributed by atoms with van der Waals surface area (Å²) in [5.41, 5.74) is 1.67. The lowest BCUT2D eigenvalue weighted by Crippen LogP contribution is -2.36. The van der Waals surface area contributed by atoms with Crippen molar-refractivity contribution in [2.45, 2.75) is 44.9 Å². The number of aromatic amines is 1. The number of ether oxygens (including phenoxy) is 3. The average molecular weight is 468 g/mol. The molecule has 11 nitrogen and oxygen atoms in total. The Morgan fingerprint density at radius 3 is 3.00 bits per heavy atom. The number of anilines is 2. The number of halogens is 2. The number of carbonyl (C=O) groups is 1. The third kappa shape index (κ3) is 4.76. The number of imidazole rings is 1. The van der Waals surface area contributed by atoms with E-state index >= 15 is 0 Å². The average Bonchev–Trinajstić information content (AvgIpc) is 3.41. The molecule has 3 aromatic rings. The molecule has 3 N–H and O–H groups in total. The van der Waals surface area contributed by atoms with Crippen LogP contribution in [0.2, 0.25) is 5.15 Å². The number of methoxy groups -OCH3 is 1. The minimum absolute atomic E-state index is 0.0626. The van der Waals surface area contributed by atoms with Crippen LogP contribution in [-0.4, -0.2) is 62.7 Å². The molecule has 0 saturated carbocycles. The Balaban J connectivity index is 1.47. The van der Waals surface area contributed by atoms with Crippen molar-refractivity contribution in [3.63, 3.8) is 0 Å². The molecule has 3 atom stereocenters. The summed E-state index contributed by atoms with van der Waals surface area (Å²) in [6.45, 7) is 3.84. The number of H-pyrrole nitrogens is 1. The molecule has 0 bridgehead atoms. The van der Waals surface area contributed by atoms with Gasteiger partial charge in [-0.25, -0.2) is 19.2 Å². The lowest BCUT2D eigenvalue weighted by molar-refractivity contribution is 0.0615. The van der Waals surface area contributed by atoms with Crippen molar-refractivity contribution in [3.8, 4) is 0 Å². The molecule has 32 heavy (non-hydrogen) atoms. The van der Waals surface area contributed by atoms with Crippen LogP contribution in [0.25, 0.3) is 5.65 Å². The van der Waals surface area contributed by atoms with Crippen LogP contribution in [-0.2, 0) is 20.8 Å². The minimum Gasteiger partial charge on any atom is -0.441 e. The molecule has 13 heteroatoms. The summed E-state index contributed by atoms with van der Waals surface area (Å²) in [5, 5.41) is 12.7. The van der Waals surface area contributed by atoms with E-state index in [1.165, 1.54) is 0 Å². The molecular weight excluding hydrogens is 445 g/mol. The number of nitrogens with one attached hydrogen (secondary N) is 3. The van der Waals surface area contributed by atoms with Gasteiger partial charge in [-0.2, -0.15) is 5.10 Å². The van der Waals surface area contributed by atoms with Crippen LogP contribution in [0.1, 0.15) is 31.3 Å². The first-order valence-electron chi connectivity index (χ1n) is 9.92. The van der Waals surface area contributed by atoms with E-state index in [9.17, 15) is 9.18 Å². The van der Waals surface area contributed by atoms with Crippen LogP contribution in [0.4, 0.5) is 21.0 Å². The standard InChI is InChI=1S/C19H23ClFN7O4/c1-9(2)22-19(29)32-12-8-31-17(16(12)21)11-4-14(27-26-11)25-18-24-13(20)5-15-23-10(7-30-3)6-28(15)18/h4-6,9,12,16-17H,7-8H2,1-3H3,(H,22,29)(H2,24,25,26,27)/t12-,16+,17-/m0/s1. The number of nitrogens with zero attached hydrogens (tertiary/aromatic N) is 4. The monoisotopic (exact) mass is 467 g/mol. The van der Waals surface area contributed by atoms with Crippen molar-refractivity contribution in [3.05, 3.63) is 34.9 Å². The summed E-state index contributed by atoms with van der Waals surface area (Å²) in [5.74, 6) is 0.742. The molecule has 0 aliphatic carbocycles. The van der Waals surface area contributed by atoms with Gasteiger partial charge >= 0.3 is 6.09 Å². The highest BCUT2D eigenvalue weighted by molar-refractivity contribution is 6.29. The molecule has 1 aliphatic rings. The SMILES string of the molecule is COCc1cn2c(Nc3cc([C@@H]4OC[C@H](OC(=O)NC(C)C)[C@H]4F)[nH]n3)nc(Cl)cc2n1. The highest BCUT2D eigenvalue weighted by Crippen LogP contribution is 2.33. The zero-order valence-corrected chi connectivity index (χ0v) is 18.4. The Morgan fingerprint density at radius 1 is 1.44 bits per heavy atom. The molecule has 0 aromatic carbocycles. The van der Waals surface area contributed by atoms with E-state index in [-0.39, 0.29) is 17.8 Å². The van der Waals surface area contributed by atoms with Gasteiger partial charge in [-0.3, -0.25) is 9.50 Å². The Labute approximate surface area is 187 Å². The van der Waals surface area contributed by atoms with E-state index in [1.807, 2.05) is 0 Å². The van der Waals surface area contributed by atoms with Crippen LogP contribution in [0.3, 0.4) is 0 Å². The minimum atomic E-state index is -1.55. The summed E-state index contributed by atoms with van der Waals surface area (Å²) in [4.78, 5) is 20.5. The lowest BCUT2D eigenvalue weighted by atomic mass is 10.1. The van der Waals surface area contributed by atoms with E-state index < -0.39 is 24.5 Å². The fourth-order valence-corrected chi connectivity index (χ4v) is 3.50. The van der Waals surface area contributed by atoms with E-state index in [4.69, 9.17) is 25.8 Å². The number of hydrogen-bond donors (Lipinski definition) is 3. The van der Waals surface area contributed by atoms with E-state index in [0.29, 0.717) is 35.4 Å². The van der Waals surface area contributed by atoms with E-state index in [0.717, 1.165) is 0 Å². The molecule has 4 heterocycles. The molecule has 1 fully saturated rings. The second kappa shape index (κ2) is 9.27. The molecule has 0 unspecified atom stereocenters. The molecule has 1 saturated heterocycles. The van der Waals surface area contributed by atoms with Crippen molar-refractivity contribution in [1.82, 2.24) is 29.9 Å². The van der Waals surface area contributed by atoms with Crippen LogP contribution in [0, 0.1) is 0 Å². The predicted octanol–water partition coefficient (Wildman–Crippen LogP) is 2.91. The first kappa shape index (κ1) is 22.2. The molecule has 4 rings (SSSR count). The Bertz CT molecular complexity index is 1100. The maximum Gasteiger partial charge on any atom is 0.407 e. The number of fused-ring (bicyclic) bond motifs is 1. The summed E-state index contributed by atoms with van der Waals surface area (Å²) in [6.07, 6.45) is -2.45. The normalized spacial score (nSPS) is 20.8. The first-order chi connectivity index (χ1) is 15.3. The summed E-state index contributed by atoms with van der Waals surface area (Å²) >= 11 is 6.11. The quantitative estimate of drug-likeness (QED) is 0.452. The van der Waals surface area contributed by atoms with Crippen LogP contribution in [0.15, 0.2) is 18.3 Å². The second-order valence-electron chi connectivity index (χ2n) is 7.57. The number of alkyl carbamates (subject to hydrolysis) is 1. The van der Waals surface area contributed by atoms with Gasteiger partial charge in [0.05, 0.1) is 24.6 Å². The molecule has 1 aliphatic heterocycles. The Hall–Kier alpha value is -2.96. The first-order valence-corrected chi connectivity index (χ1v) is 10.3. The van der Waals surface area contributed by atoms with Gasteiger partial charge < -0.3 is 24.8 Å². The van der Waals surface area contributed by atoms with Crippen LogP contribution >= 0.6 is 11.6 Å². The van der Waals surface area contributed by atoms with Crippen molar-refractivity contribution in [2.24, 2.45) is 0 Å². The Kier molecular flexibility index (Phi) is 6.44. The summed E-state index contributed by atoms with van der Waals surface area (Å²) in [7, 11) is 1.58. The fraction of sp³-hybridized carbons (Fsp3) is 0.474. The van der Waals surface area contributed by atoms with E-state index in [1.54, 1.807) is 43.7 Å². The molecule has 1 amide bonds. The number of carbonyl (C=O) groups excluding carboxylic acids is 1. The molecule has 172 valence electrons. The van der Waals surface area contributed by atoms with Gasteiger partial charge in [-0.15, -0.1) is 0 Å². The van der Waals surface area contributed by atoms with Gasteiger partial charge in [-0.1, -0.05) is 11.6 Å². The third-order valence-electron chi connectivity index (χ3n) is 4.66. The second-order valence-corrected chi connectivity index (χ2v) is 7.96. The number of alkyl halides is 1. The maximum absolute atomic E-state index is 14.9. The number of amides is 1. The van der Waals surface area contributed by atoms with Gasteiger partial charge in [0.15, 0.2) is 18.1 Å². The van der Waals surface area contributed by atoms with Crippen LogP contribution in [0.5, 0.6) is 0 Å². The van der Waals surface area contributed by atoms with Gasteiger partial charge in [-0.05, 0) is 13.8 Å². The zero-order chi connectivity index (χ0) is 22.8. The zero-order valence-electron chi connectivity index (χ0n) is 17.6. The van der Waals surface area contributed by atoms with Crippen molar-refractivity contribution in [1.29, 1.82) is 0 Å². The molecule has 0 spiro atoms. The van der Waals surface area contributed by atoms with Gasteiger partial charge in [0.25, 0.3) is 0 Å². The number of hydrogen-bond acceptors (Lipinski definition) is 8. The third-order valence-corrected chi connectivity index (χ3v) is 4.85. The van der Waals surface area contributed by atoms with Gasteiger partial charge in [0.2, 0.25) is 5.95 Å². The highest BCUT2D eigenvalue weighted by atomic mass is 35.5. The number of rotatable bonds is 7. The predicted molar refractivity (Wildman–Crippen MR) is 113 cm³/mol. The van der Waals surface area contributed by atoms with Gasteiger partial charge in [0, 0.05) is 31.5 Å². The smallest absolute Gasteiger partial charge is 0.407 e. The summed E-state index contributed by atoms with van der Waals surface area (Å²) in [6, 6.07) is 3.10. The number of aromatic nitrogens is 5. The fourth-order valence-electron chi connectivity index (χ4n) is 3.32. The topological polar surface area (TPSA) is 128 Å². The maximum atomic E-state index is 14.9. The van der Waals surface area contributed by atoms with E-state index in [2.05, 4.69) is 30.8 Å². The molecule has 3 aromatic heterocycles. The van der Waals surface area contributed by atoms with Crippen LogP contribution < -0.4 is 10.6 Å². The summed E-state index contributed by atoms with van der Waals surface area (Å²) < 4.78 is 32.3. The van der Waals surface area contributed by atoms with Crippen molar-refractivity contribution in [2.75, 3.05) is 19.0 Å². The lowest BCUT2D eigenvalue weighted by Gasteiger charge is -2.16. The molecular formula is C19H23ClFN7O4. The van der Waals surface area contributed by atoms with Crippen molar-refractivity contribution < 1.29 is 23.4 Å². The van der Waals surface area contributed by atoms with Gasteiger partial charge in [0.1, 0.15) is 16.9 Å². The molecule has 0 radical (unpaired) electrons. The highest BCUT2D eigenvalue weighted by Gasteiger charge is 2.42. The largest absolute Gasteiger partial charge is 0.441 e. The Morgan fingerprint density at radius 2 is 2.25 bits per heavy atom.